The topological polar surface area (TPSA) is 104 Å². The minimum absolute atomic E-state index is 0.140. The molecule has 0 aliphatic carbocycles. The second-order valence-electron chi connectivity index (χ2n) is 6.55. The second-order valence-corrected chi connectivity index (χ2v) is 8.86. The number of hydrogen-bond acceptors (Lipinski definition) is 5. The van der Waals surface area contributed by atoms with E-state index >= 15 is 0 Å². The number of fused-ring (bicyclic) bond motifs is 1. The van der Waals surface area contributed by atoms with Crippen molar-refractivity contribution >= 4 is 49.8 Å². The number of carbonyl (C=O) groups excluding carboxylic acids is 1. The molecule has 29 heavy (non-hydrogen) atoms. The number of para-hydroxylation sites is 1. The number of amides is 1. The zero-order valence-electron chi connectivity index (χ0n) is 16.0. The van der Waals surface area contributed by atoms with Crippen LogP contribution in [0.4, 0.5) is 11.4 Å². The molecular formula is C19H19ClN4O4S. The van der Waals surface area contributed by atoms with Crippen molar-refractivity contribution in [3.05, 3.63) is 53.1 Å². The van der Waals surface area contributed by atoms with E-state index < -0.39 is 22.5 Å². The molecule has 3 aromatic rings. The SMILES string of the molecule is Cc1ccc(N(CC(=O)N=Nc2c(O)n(C)c3ccccc23)S(C)(=O)=O)cc1Cl. The molecule has 1 heterocycles. The summed E-state index contributed by atoms with van der Waals surface area (Å²) in [5.41, 5.74) is 1.89. The molecule has 1 N–H and O–H groups in total. The van der Waals surface area contributed by atoms with Crippen LogP contribution >= 0.6 is 11.6 Å². The average Bonchev–Trinajstić information content (AvgIpc) is 2.90. The lowest BCUT2D eigenvalue weighted by atomic mass is 10.2. The van der Waals surface area contributed by atoms with Gasteiger partial charge in [0.1, 0.15) is 6.54 Å². The number of benzene rings is 2. The van der Waals surface area contributed by atoms with Gasteiger partial charge in [0.25, 0.3) is 5.91 Å². The van der Waals surface area contributed by atoms with Gasteiger partial charge in [0.05, 0.1) is 17.5 Å². The zero-order valence-corrected chi connectivity index (χ0v) is 17.6. The van der Waals surface area contributed by atoms with E-state index in [0.717, 1.165) is 21.6 Å². The fraction of sp³-hybridized carbons (Fsp3) is 0.211. The maximum atomic E-state index is 12.4. The maximum absolute atomic E-state index is 12.4. The molecular weight excluding hydrogens is 416 g/mol. The smallest absolute Gasteiger partial charge is 0.285 e. The van der Waals surface area contributed by atoms with Crippen molar-refractivity contribution in [2.75, 3.05) is 17.1 Å². The molecule has 0 saturated heterocycles. The molecule has 0 unspecified atom stereocenters. The van der Waals surface area contributed by atoms with Gasteiger partial charge < -0.3 is 9.67 Å². The Bertz CT molecular complexity index is 1230. The standard InChI is InChI=1S/C19H19ClN4O4S/c1-12-8-9-13(10-15(12)20)24(29(3,27)28)11-17(25)21-22-18-14-6-4-5-7-16(14)23(2)19(18)26/h4-10,26H,11H2,1-3H3. The van der Waals surface area contributed by atoms with Gasteiger partial charge in [0.2, 0.25) is 15.9 Å². The molecule has 0 bridgehead atoms. The Morgan fingerprint density at radius 3 is 2.59 bits per heavy atom. The number of halogens is 1. The summed E-state index contributed by atoms with van der Waals surface area (Å²) in [5, 5.41) is 18.7. The van der Waals surface area contributed by atoms with Crippen LogP contribution in [0.15, 0.2) is 52.7 Å². The van der Waals surface area contributed by atoms with Crippen molar-refractivity contribution < 1.29 is 18.3 Å². The number of azo groups is 1. The lowest BCUT2D eigenvalue weighted by molar-refractivity contribution is -0.116. The summed E-state index contributed by atoms with van der Waals surface area (Å²) in [6.45, 7) is 1.24. The first kappa shape index (κ1) is 20.8. The molecule has 3 rings (SSSR count). The van der Waals surface area contributed by atoms with Crippen LogP contribution in [-0.2, 0) is 21.9 Å². The van der Waals surface area contributed by atoms with E-state index in [1.54, 1.807) is 44.3 Å². The fourth-order valence-electron chi connectivity index (χ4n) is 2.86. The Morgan fingerprint density at radius 1 is 1.24 bits per heavy atom. The van der Waals surface area contributed by atoms with Crippen LogP contribution < -0.4 is 4.31 Å². The van der Waals surface area contributed by atoms with Crippen molar-refractivity contribution in [3.8, 4) is 5.88 Å². The van der Waals surface area contributed by atoms with E-state index in [0.29, 0.717) is 10.4 Å². The van der Waals surface area contributed by atoms with Crippen LogP contribution in [0, 0.1) is 6.92 Å². The van der Waals surface area contributed by atoms with Gasteiger partial charge in [-0.1, -0.05) is 35.9 Å². The number of carbonyl (C=O) groups is 1. The van der Waals surface area contributed by atoms with Crippen molar-refractivity contribution in [3.63, 3.8) is 0 Å². The van der Waals surface area contributed by atoms with Crippen molar-refractivity contribution in [1.82, 2.24) is 4.57 Å². The van der Waals surface area contributed by atoms with Gasteiger partial charge in [-0.2, -0.15) is 0 Å². The molecule has 0 atom stereocenters. The number of anilines is 1. The quantitative estimate of drug-likeness (QED) is 0.614. The molecule has 2 aromatic carbocycles. The van der Waals surface area contributed by atoms with E-state index in [1.807, 2.05) is 6.07 Å². The highest BCUT2D eigenvalue weighted by atomic mass is 35.5. The third kappa shape index (κ3) is 4.25. The van der Waals surface area contributed by atoms with Gasteiger partial charge in [0, 0.05) is 17.5 Å². The van der Waals surface area contributed by atoms with E-state index in [2.05, 4.69) is 10.2 Å². The predicted molar refractivity (Wildman–Crippen MR) is 112 cm³/mol. The molecule has 8 nitrogen and oxygen atoms in total. The number of aromatic hydroxyl groups is 1. The summed E-state index contributed by atoms with van der Waals surface area (Å²) in [7, 11) is -2.11. The van der Waals surface area contributed by atoms with Crippen LogP contribution in [0.5, 0.6) is 5.88 Å². The molecule has 0 aliphatic heterocycles. The van der Waals surface area contributed by atoms with Gasteiger partial charge in [-0.3, -0.25) is 9.10 Å². The Balaban J connectivity index is 1.90. The molecule has 0 radical (unpaired) electrons. The molecule has 10 heteroatoms. The molecule has 1 aromatic heterocycles. The monoisotopic (exact) mass is 434 g/mol. The first-order valence-electron chi connectivity index (χ1n) is 8.54. The van der Waals surface area contributed by atoms with Crippen LogP contribution in [-0.4, -0.2) is 36.8 Å². The number of rotatable bonds is 5. The van der Waals surface area contributed by atoms with Gasteiger partial charge in [-0.05, 0) is 30.7 Å². The summed E-state index contributed by atoms with van der Waals surface area (Å²) >= 11 is 6.08. The first-order chi connectivity index (χ1) is 13.6. The molecule has 0 fully saturated rings. The van der Waals surface area contributed by atoms with E-state index in [4.69, 9.17) is 11.6 Å². The van der Waals surface area contributed by atoms with E-state index in [-0.39, 0.29) is 17.3 Å². The third-order valence-corrected chi connectivity index (χ3v) is 5.98. The Kier molecular flexibility index (Phi) is 5.63. The highest BCUT2D eigenvalue weighted by molar-refractivity contribution is 7.92. The molecule has 0 spiro atoms. The fourth-order valence-corrected chi connectivity index (χ4v) is 3.87. The van der Waals surface area contributed by atoms with E-state index in [1.165, 1.54) is 10.6 Å². The lowest BCUT2D eigenvalue weighted by Gasteiger charge is -2.21. The molecule has 152 valence electrons. The average molecular weight is 435 g/mol. The van der Waals surface area contributed by atoms with Gasteiger partial charge in [-0.15, -0.1) is 10.2 Å². The number of sulfonamides is 1. The molecule has 0 aliphatic rings. The summed E-state index contributed by atoms with van der Waals surface area (Å²) in [6, 6.07) is 11.8. The first-order valence-corrected chi connectivity index (χ1v) is 10.8. The van der Waals surface area contributed by atoms with Crippen molar-refractivity contribution in [2.24, 2.45) is 17.3 Å². The van der Waals surface area contributed by atoms with Gasteiger partial charge in [-0.25, -0.2) is 8.42 Å². The van der Waals surface area contributed by atoms with Gasteiger partial charge in [0.15, 0.2) is 5.69 Å². The van der Waals surface area contributed by atoms with Crippen LogP contribution in [0.25, 0.3) is 10.9 Å². The third-order valence-electron chi connectivity index (χ3n) is 4.43. The number of hydrogen-bond donors (Lipinski definition) is 1. The minimum Gasteiger partial charge on any atom is -0.493 e. The summed E-state index contributed by atoms with van der Waals surface area (Å²) < 4.78 is 26.8. The normalized spacial score (nSPS) is 12.0. The molecule has 1 amide bonds. The maximum Gasteiger partial charge on any atom is 0.285 e. The van der Waals surface area contributed by atoms with Crippen LogP contribution in [0.1, 0.15) is 5.56 Å². The summed E-state index contributed by atoms with van der Waals surface area (Å²) in [6.07, 6.45) is 0.988. The number of aryl methyl sites for hydroxylation is 2. The highest BCUT2D eigenvalue weighted by Gasteiger charge is 2.22. The number of aromatic nitrogens is 1. The zero-order chi connectivity index (χ0) is 21.3. The largest absolute Gasteiger partial charge is 0.493 e. The molecule has 0 saturated carbocycles. The predicted octanol–water partition coefficient (Wildman–Crippen LogP) is 3.92. The van der Waals surface area contributed by atoms with Crippen molar-refractivity contribution in [2.45, 2.75) is 6.92 Å². The number of nitrogens with zero attached hydrogens (tertiary/aromatic N) is 4. The van der Waals surface area contributed by atoms with Crippen molar-refractivity contribution in [1.29, 1.82) is 0 Å². The Morgan fingerprint density at radius 2 is 1.93 bits per heavy atom. The van der Waals surface area contributed by atoms with Crippen LogP contribution in [0.2, 0.25) is 5.02 Å². The van der Waals surface area contributed by atoms with Crippen LogP contribution in [0.3, 0.4) is 0 Å². The Hall–Kier alpha value is -2.91. The Labute approximate surface area is 173 Å². The lowest BCUT2D eigenvalue weighted by Crippen LogP contribution is -2.34. The summed E-state index contributed by atoms with van der Waals surface area (Å²) in [5.74, 6) is -0.938. The van der Waals surface area contributed by atoms with E-state index in [9.17, 15) is 18.3 Å². The summed E-state index contributed by atoms with van der Waals surface area (Å²) in [4.78, 5) is 12.4. The second kappa shape index (κ2) is 7.84. The highest BCUT2D eigenvalue weighted by Crippen LogP contribution is 2.37. The van der Waals surface area contributed by atoms with Gasteiger partial charge >= 0.3 is 0 Å². The minimum atomic E-state index is -3.77.